The van der Waals surface area contributed by atoms with E-state index in [0.29, 0.717) is 6.61 Å². The van der Waals surface area contributed by atoms with E-state index in [9.17, 15) is 9.59 Å². The molecular weight excluding hydrogens is 240 g/mol. The number of aromatic nitrogens is 1. The van der Waals surface area contributed by atoms with Gasteiger partial charge in [-0.2, -0.15) is 0 Å². The van der Waals surface area contributed by atoms with Crippen molar-refractivity contribution in [2.45, 2.75) is 13.8 Å². The van der Waals surface area contributed by atoms with Crippen LogP contribution in [0.5, 0.6) is 0 Å². The van der Waals surface area contributed by atoms with Gasteiger partial charge in [-0.3, -0.25) is 9.59 Å². The van der Waals surface area contributed by atoms with E-state index in [0.717, 1.165) is 10.7 Å². The predicted octanol–water partition coefficient (Wildman–Crippen LogP) is 1.14. The van der Waals surface area contributed by atoms with Crippen molar-refractivity contribution in [2.24, 2.45) is 0 Å². The number of hydrogen-bond donors (Lipinski definition) is 1. The summed E-state index contributed by atoms with van der Waals surface area (Å²) in [6.07, 6.45) is 2.94. The molecule has 0 saturated carbocycles. The van der Waals surface area contributed by atoms with Crippen LogP contribution in [0.2, 0.25) is 0 Å². The fourth-order valence-electron chi connectivity index (χ4n) is 1.05. The molecule has 1 heterocycles. The van der Waals surface area contributed by atoms with Gasteiger partial charge in [0.25, 0.3) is 0 Å². The Morgan fingerprint density at radius 2 is 2.35 bits per heavy atom. The van der Waals surface area contributed by atoms with E-state index in [-0.39, 0.29) is 12.5 Å². The van der Waals surface area contributed by atoms with E-state index in [1.165, 1.54) is 17.4 Å². The molecule has 1 rings (SSSR count). The quantitative estimate of drug-likeness (QED) is 0.632. The van der Waals surface area contributed by atoms with Crippen LogP contribution in [0.25, 0.3) is 6.08 Å². The Bertz CT molecular complexity index is 426. The fraction of sp³-hybridized carbons (Fsp3) is 0.364. The molecule has 1 N–H and O–H groups in total. The summed E-state index contributed by atoms with van der Waals surface area (Å²) < 4.78 is 4.67. The molecule has 6 heteroatoms. The van der Waals surface area contributed by atoms with E-state index in [1.54, 1.807) is 13.0 Å². The molecule has 1 aromatic rings. The molecule has 0 aliphatic rings. The summed E-state index contributed by atoms with van der Waals surface area (Å²) in [7, 11) is 0. The Balaban J connectivity index is 2.34. The second-order valence-corrected chi connectivity index (χ2v) is 4.21. The number of thiazole rings is 1. The van der Waals surface area contributed by atoms with Gasteiger partial charge in [0.2, 0.25) is 5.91 Å². The first-order valence-corrected chi connectivity index (χ1v) is 6.03. The largest absolute Gasteiger partial charge is 0.465 e. The minimum absolute atomic E-state index is 0.118. The maximum atomic E-state index is 11.3. The minimum Gasteiger partial charge on any atom is -0.465 e. The number of carbonyl (C=O) groups is 2. The van der Waals surface area contributed by atoms with Crippen molar-refractivity contribution in [3.63, 3.8) is 0 Å². The molecule has 1 aromatic heterocycles. The van der Waals surface area contributed by atoms with Crippen molar-refractivity contribution in [3.8, 4) is 0 Å². The van der Waals surface area contributed by atoms with Crippen molar-refractivity contribution >= 4 is 29.3 Å². The van der Waals surface area contributed by atoms with Crippen molar-refractivity contribution < 1.29 is 14.3 Å². The highest BCUT2D eigenvalue weighted by molar-refractivity contribution is 7.09. The van der Waals surface area contributed by atoms with E-state index in [1.807, 2.05) is 12.3 Å². The second kappa shape index (κ2) is 6.80. The topological polar surface area (TPSA) is 68.3 Å². The highest BCUT2D eigenvalue weighted by Crippen LogP contribution is 2.08. The van der Waals surface area contributed by atoms with Crippen LogP contribution in [0, 0.1) is 6.92 Å². The molecule has 0 radical (unpaired) electrons. The molecule has 1 amide bonds. The van der Waals surface area contributed by atoms with Gasteiger partial charge in [-0.1, -0.05) is 0 Å². The van der Waals surface area contributed by atoms with Gasteiger partial charge in [-0.25, -0.2) is 4.98 Å². The Kier molecular flexibility index (Phi) is 5.35. The number of rotatable bonds is 5. The van der Waals surface area contributed by atoms with Crippen molar-refractivity contribution in [1.82, 2.24) is 10.3 Å². The molecule has 92 valence electrons. The number of amides is 1. The number of esters is 1. The number of nitrogens with zero attached hydrogens (tertiary/aromatic N) is 1. The first kappa shape index (κ1) is 13.4. The third kappa shape index (κ3) is 5.26. The van der Waals surface area contributed by atoms with Crippen LogP contribution in [0.15, 0.2) is 11.5 Å². The first-order chi connectivity index (χ1) is 8.11. The third-order valence-electron chi connectivity index (χ3n) is 1.75. The van der Waals surface area contributed by atoms with Crippen LogP contribution in [0.4, 0.5) is 0 Å². The fourth-order valence-corrected chi connectivity index (χ4v) is 1.63. The lowest BCUT2D eigenvalue weighted by Gasteiger charge is -2.01. The number of carbonyl (C=O) groups excluding carboxylic acids is 2. The molecular formula is C11H14N2O3S. The smallest absolute Gasteiger partial charge is 0.325 e. The third-order valence-corrected chi connectivity index (χ3v) is 2.55. The van der Waals surface area contributed by atoms with E-state index < -0.39 is 5.97 Å². The molecule has 0 unspecified atom stereocenters. The first-order valence-electron chi connectivity index (χ1n) is 5.15. The van der Waals surface area contributed by atoms with Gasteiger partial charge < -0.3 is 10.1 Å². The number of ether oxygens (including phenoxy) is 1. The SMILES string of the molecule is CCOC(=O)CNC(=O)/C=C/c1csc(C)n1. The van der Waals surface area contributed by atoms with Gasteiger partial charge in [0.1, 0.15) is 6.54 Å². The average Bonchev–Trinajstić information content (AvgIpc) is 2.70. The van der Waals surface area contributed by atoms with E-state index in [4.69, 9.17) is 0 Å². The number of nitrogens with one attached hydrogen (secondary N) is 1. The van der Waals surface area contributed by atoms with Crippen LogP contribution in [-0.4, -0.2) is 30.0 Å². The maximum Gasteiger partial charge on any atom is 0.325 e. The summed E-state index contributed by atoms with van der Waals surface area (Å²) in [5.74, 6) is -0.789. The van der Waals surface area contributed by atoms with Crippen molar-refractivity contribution in [2.75, 3.05) is 13.2 Å². The highest BCUT2D eigenvalue weighted by Gasteiger charge is 2.03. The van der Waals surface area contributed by atoms with Crippen molar-refractivity contribution in [3.05, 3.63) is 22.2 Å². The molecule has 0 aromatic carbocycles. The molecule has 17 heavy (non-hydrogen) atoms. The zero-order chi connectivity index (χ0) is 12.7. The Morgan fingerprint density at radius 3 is 2.94 bits per heavy atom. The Hall–Kier alpha value is -1.69. The van der Waals surface area contributed by atoms with Gasteiger partial charge in [0.05, 0.1) is 17.3 Å². The molecule has 0 aliphatic heterocycles. The zero-order valence-corrected chi connectivity index (χ0v) is 10.5. The maximum absolute atomic E-state index is 11.3. The summed E-state index contributed by atoms with van der Waals surface area (Å²) in [6, 6.07) is 0. The predicted molar refractivity (Wildman–Crippen MR) is 65.5 cm³/mol. The van der Waals surface area contributed by atoms with Crippen molar-refractivity contribution in [1.29, 1.82) is 0 Å². The summed E-state index contributed by atoms with van der Waals surface area (Å²) in [4.78, 5) is 26.4. The van der Waals surface area contributed by atoms with Crippen LogP contribution in [0.1, 0.15) is 17.6 Å². The average molecular weight is 254 g/mol. The van der Waals surface area contributed by atoms with Gasteiger partial charge in [0, 0.05) is 11.5 Å². The van der Waals surface area contributed by atoms with Gasteiger partial charge >= 0.3 is 5.97 Å². The van der Waals surface area contributed by atoms with E-state index in [2.05, 4.69) is 15.0 Å². The lowest BCUT2D eigenvalue weighted by molar-refractivity contribution is -0.143. The van der Waals surface area contributed by atoms with Gasteiger partial charge in [-0.15, -0.1) is 11.3 Å². The molecule has 0 saturated heterocycles. The Labute approximate surface area is 104 Å². The summed E-state index contributed by atoms with van der Waals surface area (Å²) in [5.41, 5.74) is 0.735. The molecule has 0 bridgehead atoms. The molecule has 5 nitrogen and oxygen atoms in total. The highest BCUT2D eigenvalue weighted by atomic mass is 32.1. The zero-order valence-electron chi connectivity index (χ0n) is 9.73. The molecule has 0 fully saturated rings. The van der Waals surface area contributed by atoms with Crippen LogP contribution >= 0.6 is 11.3 Å². The second-order valence-electron chi connectivity index (χ2n) is 3.15. The van der Waals surface area contributed by atoms with Gasteiger partial charge in [0.15, 0.2) is 0 Å². The Morgan fingerprint density at radius 1 is 1.59 bits per heavy atom. The summed E-state index contributed by atoms with van der Waals surface area (Å²) in [6.45, 7) is 3.79. The number of aryl methyl sites for hydroxylation is 1. The standard InChI is InChI=1S/C11H14N2O3S/c1-3-16-11(15)6-12-10(14)5-4-9-7-17-8(2)13-9/h4-5,7H,3,6H2,1-2H3,(H,12,14)/b5-4+. The molecule has 0 atom stereocenters. The monoisotopic (exact) mass is 254 g/mol. The summed E-state index contributed by atoms with van der Waals surface area (Å²) >= 11 is 1.51. The van der Waals surface area contributed by atoms with Crippen LogP contribution < -0.4 is 5.32 Å². The molecule has 0 spiro atoms. The van der Waals surface area contributed by atoms with Crippen LogP contribution in [-0.2, 0) is 14.3 Å². The van der Waals surface area contributed by atoms with E-state index >= 15 is 0 Å². The summed E-state index contributed by atoms with van der Waals surface area (Å²) in [5, 5.41) is 5.21. The van der Waals surface area contributed by atoms with Crippen LogP contribution in [0.3, 0.4) is 0 Å². The normalized spacial score (nSPS) is 10.5. The number of hydrogen-bond acceptors (Lipinski definition) is 5. The lowest BCUT2D eigenvalue weighted by Crippen LogP contribution is -2.29. The van der Waals surface area contributed by atoms with Gasteiger partial charge in [-0.05, 0) is 19.9 Å². The lowest BCUT2D eigenvalue weighted by atomic mass is 10.4. The molecule has 0 aliphatic carbocycles. The minimum atomic E-state index is -0.446.